The normalized spacial score (nSPS) is 13.2. The Morgan fingerprint density at radius 1 is 0.905 bits per heavy atom. The van der Waals surface area contributed by atoms with E-state index in [0.717, 1.165) is 23.3 Å². The maximum Gasteiger partial charge on any atom is 0.416 e. The molecule has 2 amide bonds. The highest BCUT2D eigenvalue weighted by atomic mass is 32.2. The minimum absolute atomic E-state index is 0.0172. The lowest BCUT2D eigenvalue weighted by Gasteiger charge is -2.32. The molecule has 3 rings (SSSR count). The van der Waals surface area contributed by atoms with Crippen molar-refractivity contribution in [3.8, 4) is 0 Å². The lowest BCUT2D eigenvalue weighted by atomic mass is 10.1. The molecule has 0 aromatic heterocycles. The molecule has 2 unspecified atom stereocenters. The number of carbonyl (C=O) groups excluding carboxylic acids is 2. The zero-order valence-corrected chi connectivity index (χ0v) is 25.1. The fourth-order valence-corrected chi connectivity index (χ4v) is 5.66. The first-order valence-electron chi connectivity index (χ1n) is 13.6. The number of nitrogens with one attached hydrogen (secondary N) is 1. The average molecular weight is 604 g/mol. The number of hydrogen-bond acceptors (Lipinski definition) is 4. The van der Waals surface area contributed by atoms with Crippen molar-refractivity contribution in [3.63, 3.8) is 0 Å². The highest BCUT2D eigenvalue weighted by molar-refractivity contribution is 7.92. The number of alkyl halides is 3. The number of carbonyl (C=O) groups is 2. The van der Waals surface area contributed by atoms with Gasteiger partial charge in [0.2, 0.25) is 11.8 Å². The van der Waals surface area contributed by atoms with Gasteiger partial charge in [-0.05, 0) is 70.0 Å². The Kier molecular flexibility index (Phi) is 10.4. The van der Waals surface area contributed by atoms with E-state index in [2.05, 4.69) is 5.32 Å². The SMILES string of the molecule is CCC(C)NC(=O)C(C)N(Cc1cccc(C)c1)C(=O)CN(c1cccc(C(F)(F)F)c1)S(=O)(=O)c1ccc(C)cc1. The summed E-state index contributed by atoms with van der Waals surface area (Å²) < 4.78 is 69.2. The van der Waals surface area contributed by atoms with Gasteiger partial charge in [0.15, 0.2) is 0 Å². The minimum Gasteiger partial charge on any atom is -0.352 e. The molecule has 42 heavy (non-hydrogen) atoms. The summed E-state index contributed by atoms with van der Waals surface area (Å²) in [5.74, 6) is -1.19. The van der Waals surface area contributed by atoms with E-state index in [1.807, 2.05) is 32.9 Å². The molecule has 0 radical (unpaired) electrons. The predicted octanol–water partition coefficient (Wildman–Crippen LogP) is 5.85. The van der Waals surface area contributed by atoms with Gasteiger partial charge in [-0.15, -0.1) is 0 Å². The average Bonchev–Trinajstić information content (AvgIpc) is 2.93. The van der Waals surface area contributed by atoms with Crippen LogP contribution in [0.1, 0.15) is 49.4 Å². The zero-order chi connectivity index (χ0) is 31.2. The summed E-state index contributed by atoms with van der Waals surface area (Å²) in [4.78, 5) is 28.1. The number of halogens is 3. The quantitative estimate of drug-likeness (QED) is 0.298. The molecule has 0 heterocycles. The lowest BCUT2D eigenvalue weighted by Crippen LogP contribution is -2.52. The van der Waals surface area contributed by atoms with Gasteiger partial charge in [0.1, 0.15) is 12.6 Å². The van der Waals surface area contributed by atoms with Crippen molar-refractivity contribution in [1.29, 1.82) is 0 Å². The third kappa shape index (κ3) is 8.12. The van der Waals surface area contributed by atoms with Gasteiger partial charge in [0, 0.05) is 12.6 Å². The monoisotopic (exact) mass is 603 g/mol. The Morgan fingerprint density at radius 2 is 1.55 bits per heavy atom. The van der Waals surface area contributed by atoms with Gasteiger partial charge in [0.25, 0.3) is 10.0 Å². The van der Waals surface area contributed by atoms with E-state index in [0.29, 0.717) is 22.4 Å². The van der Waals surface area contributed by atoms with Crippen LogP contribution in [0.3, 0.4) is 0 Å². The number of aryl methyl sites for hydroxylation is 2. The molecule has 3 aromatic carbocycles. The van der Waals surface area contributed by atoms with Crippen molar-refractivity contribution < 1.29 is 31.2 Å². The fourth-order valence-electron chi connectivity index (χ4n) is 4.26. The first-order chi connectivity index (χ1) is 19.6. The van der Waals surface area contributed by atoms with Crippen molar-refractivity contribution in [3.05, 3.63) is 95.1 Å². The number of nitrogens with zero attached hydrogens (tertiary/aromatic N) is 2. The van der Waals surface area contributed by atoms with Crippen molar-refractivity contribution in [1.82, 2.24) is 10.2 Å². The number of amides is 2. The van der Waals surface area contributed by atoms with Crippen LogP contribution in [0.15, 0.2) is 77.7 Å². The van der Waals surface area contributed by atoms with Crippen LogP contribution in [0.25, 0.3) is 0 Å². The highest BCUT2D eigenvalue weighted by Gasteiger charge is 2.35. The summed E-state index contributed by atoms with van der Waals surface area (Å²) in [7, 11) is -4.49. The van der Waals surface area contributed by atoms with Crippen LogP contribution in [-0.2, 0) is 32.3 Å². The number of hydrogen-bond donors (Lipinski definition) is 1. The van der Waals surface area contributed by atoms with Gasteiger partial charge in [-0.2, -0.15) is 13.2 Å². The van der Waals surface area contributed by atoms with Gasteiger partial charge in [0.05, 0.1) is 16.1 Å². The second kappa shape index (κ2) is 13.4. The zero-order valence-electron chi connectivity index (χ0n) is 24.3. The molecule has 0 saturated carbocycles. The third-order valence-electron chi connectivity index (χ3n) is 6.95. The largest absolute Gasteiger partial charge is 0.416 e. The summed E-state index contributed by atoms with van der Waals surface area (Å²) in [6.07, 6.45) is -4.08. The Bertz CT molecular complexity index is 1510. The van der Waals surface area contributed by atoms with Crippen LogP contribution in [0.4, 0.5) is 18.9 Å². The van der Waals surface area contributed by atoms with Crippen molar-refractivity contribution in [2.24, 2.45) is 0 Å². The summed E-state index contributed by atoms with van der Waals surface area (Å²) in [5.41, 5.74) is 1.02. The van der Waals surface area contributed by atoms with Crippen molar-refractivity contribution >= 4 is 27.5 Å². The molecule has 0 aliphatic carbocycles. The number of anilines is 1. The molecule has 0 fully saturated rings. The van der Waals surface area contributed by atoms with Crippen LogP contribution in [-0.4, -0.2) is 43.8 Å². The number of sulfonamides is 1. The molecule has 3 aromatic rings. The molecule has 2 atom stereocenters. The van der Waals surface area contributed by atoms with E-state index < -0.39 is 46.2 Å². The fraction of sp³-hybridized carbons (Fsp3) is 0.355. The molecule has 11 heteroatoms. The van der Waals surface area contributed by atoms with E-state index in [1.165, 1.54) is 30.0 Å². The van der Waals surface area contributed by atoms with Crippen LogP contribution in [0.5, 0.6) is 0 Å². The van der Waals surface area contributed by atoms with E-state index >= 15 is 0 Å². The molecule has 226 valence electrons. The molecular formula is C31H36F3N3O4S. The Balaban J connectivity index is 2.09. The lowest BCUT2D eigenvalue weighted by molar-refractivity contribution is -0.139. The molecule has 0 aliphatic heterocycles. The molecule has 1 N–H and O–H groups in total. The van der Waals surface area contributed by atoms with Crippen molar-refractivity contribution in [2.45, 2.75) is 70.7 Å². The second-order valence-corrected chi connectivity index (χ2v) is 12.2. The van der Waals surface area contributed by atoms with Crippen LogP contribution < -0.4 is 9.62 Å². The Hall–Kier alpha value is -3.86. The topological polar surface area (TPSA) is 86.8 Å². The maximum absolute atomic E-state index is 13.9. The first-order valence-corrected chi connectivity index (χ1v) is 15.0. The van der Waals surface area contributed by atoms with Gasteiger partial charge < -0.3 is 10.2 Å². The van der Waals surface area contributed by atoms with Crippen LogP contribution in [0.2, 0.25) is 0 Å². The van der Waals surface area contributed by atoms with Crippen LogP contribution in [0, 0.1) is 13.8 Å². The standard InChI is InChI=1S/C31H36F3N3O4S/c1-6-23(4)35-30(39)24(5)36(19-25-10-7-9-22(3)17-25)29(38)20-37(27-12-8-11-26(18-27)31(32,33)34)42(40,41)28-15-13-21(2)14-16-28/h7-18,23-24H,6,19-20H2,1-5H3,(H,35,39). The van der Waals surface area contributed by atoms with E-state index in [1.54, 1.807) is 31.2 Å². The highest BCUT2D eigenvalue weighted by Crippen LogP contribution is 2.33. The smallest absolute Gasteiger partial charge is 0.352 e. The molecule has 0 spiro atoms. The van der Waals surface area contributed by atoms with Gasteiger partial charge in [-0.25, -0.2) is 8.42 Å². The summed E-state index contributed by atoms with van der Waals surface area (Å²) in [5, 5.41) is 2.84. The molecule has 7 nitrogen and oxygen atoms in total. The third-order valence-corrected chi connectivity index (χ3v) is 8.74. The number of rotatable bonds is 11. The Labute approximate surface area is 245 Å². The van der Waals surface area contributed by atoms with E-state index in [4.69, 9.17) is 0 Å². The Morgan fingerprint density at radius 3 is 2.14 bits per heavy atom. The molecular weight excluding hydrogens is 567 g/mol. The van der Waals surface area contributed by atoms with E-state index in [9.17, 15) is 31.2 Å². The second-order valence-electron chi connectivity index (χ2n) is 10.4. The maximum atomic E-state index is 13.9. The van der Waals surface area contributed by atoms with E-state index in [-0.39, 0.29) is 23.2 Å². The predicted molar refractivity (Wildman–Crippen MR) is 156 cm³/mol. The minimum atomic E-state index is -4.74. The summed E-state index contributed by atoms with van der Waals surface area (Å²) >= 11 is 0. The van der Waals surface area contributed by atoms with Gasteiger partial charge >= 0.3 is 6.18 Å². The molecule has 0 aliphatic rings. The number of benzene rings is 3. The summed E-state index contributed by atoms with van der Waals surface area (Å²) in [6.45, 7) is 8.04. The summed E-state index contributed by atoms with van der Waals surface area (Å²) in [6, 6.07) is 15.7. The van der Waals surface area contributed by atoms with Crippen LogP contribution >= 0.6 is 0 Å². The van der Waals surface area contributed by atoms with Gasteiger partial charge in [-0.1, -0.05) is 60.5 Å². The van der Waals surface area contributed by atoms with Gasteiger partial charge in [-0.3, -0.25) is 13.9 Å². The molecule has 0 bridgehead atoms. The van der Waals surface area contributed by atoms with Crippen molar-refractivity contribution in [2.75, 3.05) is 10.8 Å². The molecule has 0 saturated heterocycles. The first kappa shape index (κ1) is 32.7.